The van der Waals surface area contributed by atoms with Gasteiger partial charge in [-0.2, -0.15) is 0 Å². The predicted molar refractivity (Wildman–Crippen MR) is 62.9 cm³/mol. The SMILES string of the molecule is CCCC(C)NC1C2CCOC2C1(C)C. The number of rotatable bonds is 4. The largest absolute Gasteiger partial charge is 0.377 e. The molecule has 2 heteroatoms. The van der Waals surface area contributed by atoms with E-state index < -0.39 is 0 Å². The summed E-state index contributed by atoms with van der Waals surface area (Å²) in [5.41, 5.74) is 0.336. The van der Waals surface area contributed by atoms with E-state index in [-0.39, 0.29) is 0 Å². The van der Waals surface area contributed by atoms with Crippen LogP contribution >= 0.6 is 0 Å². The van der Waals surface area contributed by atoms with Crippen LogP contribution in [0.2, 0.25) is 0 Å². The van der Waals surface area contributed by atoms with E-state index in [0.29, 0.717) is 23.6 Å². The molecule has 0 aromatic heterocycles. The lowest BCUT2D eigenvalue weighted by molar-refractivity contribution is -0.115. The molecule has 1 saturated heterocycles. The zero-order chi connectivity index (χ0) is 11.1. The summed E-state index contributed by atoms with van der Waals surface area (Å²) in [7, 11) is 0. The number of hydrogen-bond acceptors (Lipinski definition) is 2. The van der Waals surface area contributed by atoms with Gasteiger partial charge in [0.2, 0.25) is 0 Å². The van der Waals surface area contributed by atoms with Crippen LogP contribution in [0.1, 0.15) is 47.0 Å². The van der Waals surface area contributed by atoms with Crippen molar-refractivity contribution in [3.8, 4) is 0 Å². The second-order valence-corrected chi connectivity index (χ2v) is 5.90. The maximum atomic E-state index is 5.80. The Morgan fingerprint density at radius 2 is 2.20 bits per heavy atom. The third-order valence-electron chi connectivity index (χ3n) is 4.29. The van der Waals surface area contributed by atoms with E-state index in [9.17, 15) is 0 Å². The van der Waals surface area contributed by atoms with Gasteiger partial charge in [0.25, 0.3) is 0 Å². The summed E-state index contributed by atoms with van der Waals surface area (Å²) in [5.74, 6) is 0.777. The van der Waals surface area contributed by atoms with Crippen LogP contribution in [0, 0.1) is 11.3 Å². The summed E-state index contributed by atoms with van der Waals surface area (Å²) in [4.78, 5) is 0. The second kappa shape index (κ2) is 4.06. The smallest absolute Gasteiger partial charge is 0.0685 e. The van der Waals surface area contributed by atoms with E-state index in [0.717, 1.165) is 12.5 Å². The van der Waals surface area contributed by atoms with Crippen LogP contribution in [0.3, 0.4) is 0 Å². The lowest BCUT2D eigenvalue weighted by atomic mass is 9.57. The Hall–Kier alpha value is -0.0800. The highest BCUT2D eigenvalue weighted by molar-refractivity contribution is 5.11. The van der Waals surface area contributed by atoms with Crippen molar-refractivity contribution in [2.45, 2.75) is 65.1 Å². The van der Waals surface area contributed by atoms with Crippen LogP contribution in [0.25, 0.3) is 0 Å². The van der Waals surface area contributed by atoms with Gasteiger partial charge in [0.05, 0.1) is 6.10 Å². The molecule has 1 saturated carbocycles. The molecule has 15 heavy (non-hydrogen) atoms. The summed E-state index contributed by atoms with van der Waals surface area (Å²) in [5, 5.41) is 3.80. The van der Waals surface area contributed by atoms with E-state index in [1.807, 2.05) is 0 Å². The maximum Gasteiger partial charge on any atom is 0.0685 e. The molecule has 2 fully saturated rings. The van der Waals surface area contributed by atoms with Crippen LogP contribution in [0.4, 0.5) is 0 Å². The molecule has 88 valence electrons. The lowest BCUT2D eigenvalue weighted by Gasteiger charge is -2.55. The third-order valence-corrected chi connectivity index (χ3v) is 4.29. The van der Waals surface area contributed by atoms with Crippen LogP contribution in [0.15, 0.2) is 0 Å². The summed E-state index contributed by atoms with van der Waals surface area (Å²) >= 11 is 0. The fourth-order valence-electron chi connectivity index (χ4n) is 3.49. The molecule has 0 aromatic carbocycles. The standard InChI is InChI=1S/C13H25NO/c1-5-6-9(2)14-11-10-7-8-15-12(10)13(11,3)4/h9-12,14H,5-8H2,1-4H3. The second-order valence-electron chi connectivity index (χ2n) is 5.90. The molecule has 2 aliphatic rings. The van der Waals surface area contributed by atoms with Gasteiger partial charge < -0.3 is 10.1 Å². The Kier molecular flexibility index (Phi) is 3.09. The van der Waals surface area contributed by atoms with E-state index >= 15 is 0 Å². The minimum atomic E-state index is 0.336. The molecule has 4 atom stereocenters. The van der Waals surface area contributed by atoms with Gasteiger partial charge in [-0.25, -0.2) is 0 Å². The Labute approximate surface area is 93.8 Å². The molecule has 1 heterocycles. The van der Waals surface area contributed by atoms with Crippen molar-refractivity contribution in [1.82, 2.24) is 5.32 Å². The topological polar surface area (TPSA) is 21.3 Å². The first-order chi connectivity index (χ1) is 7.07. The first-order valence-electron chi connectivity index (χ1n) is 6.45. The fraction of sp³-hybridized carbons (Fsp3) is 1.00. The third kappa shape index (κ3) is 1.83. The number of fused-ring (bicyclic) bond motifs is 1. The lowest BCUT2D eigenvalue weighted by Crippen LogP contribution is -2.67. The van der Waals surface area contributed by atoms with Crippen molar-refractivity contribution >= 4 is 0 Å². The first kappa shape index (κ1) is 11.4. The molecule has 2 nitrogen and oxygen atoms in total. The van der Waals surface area contributed by atoms with Crippen molar-refractivity contribution in [2.24, 2.45) is 11.3 Å². The van der Waals surface area contributed by atoms with E-state index in [1.165, 1.54) is 19.3 Å². The monoisotopic (exact) mass is 211 g/mol. The fourth-order valence-corrected chi connectivity index (χ4v) is 3.49. The Bertz CT molecular complexity index is 227. The van der Waals surface area contributed by atoms with E-state index in [1.54, 1.807) is 0 Å². The molecule has 0 amide bonds. The molecule has 1 N–H and O–H groups in total. The highest BCUT2D eigenvalue weighted by Gasteiger charge is 2.59. The van der Waals surface area contributed by atoms with Gasteiger partial charge in [0.1, 0.15) is 0 Å². The summed E-state index contributed by atoms with van der Waals surface area (Å²) < 4.78 is 5.80. The molecule has 4 unspecified atom stereocenters. The van der Waals surface area contributed by atoms with Gasteiger partial charge in [-0.15, -0.1) is 0 Å². The van der Waals surface area contributed by atoms with E-state index in [2.05, 4.69) is 33.0 Å². The first-order valence-corrected chi connectivity index (χ1v) is 6.45. The minimum Gasteiger partial charge on any atom is -0.377 e. The van der Waals surface area contributed by atoms with Gasteiger partial charge in [0.15, 0.2) is 0 Å². The highest BCUT2D eigenvalue weighted by Crippen LogP contribution is 2.52. The molecule has 2 rings (SSSR count). The van der Waals surface area contributed by atoms with Crippen LogP contribution in [0.5, 0.6) is 0 Å². The summed E-state index contributed by atoms with van der Waals surface area (Å²) in [6, 6.07) is 1.33. The predicted octanol–water partition coefficient (Wildman–Crippen LogP) is 2.58. The Morgan fingerprint density at radius 3 is 2.87 bits per heavy atom. The van der Waals surface area contributed by atoms with Crippen LogP contribution < -0.4 is 5.32 Å². The molecular weight excluding hydrogens is 186 g/mol. The van der Waals surface area contributed by atoms with Gasteiger partial charge in [-0.3, -0.25) is 0 Å². The van der Waals surface area contributed by atoms with Crippen molar-refractivity contribution < 1.29 is 4.74 Å². The van der Waals surface area contributed by atoms with Crippen molar-refractivity contribution in [2.75, 3.05) is 6.61 Å². The van der Waals surface area contributed by atoms with Crippen molar-refractivity contribution in [3.05, 3.63) is 0 Å². The van der Waals surface area contributed by atoms with Gasteiger partial charge in [0, 0.05) is 30.0 Å². The molecule has 0 aromatic rings. The van der Waals surface area contributed by atoms with E-state index in [4.69, 9.17) is 4.74 Å². The molecular formula is C13H25NO. The minimum absolute atomic E-state index is 0.336. The number of hydrogen-bond donors (Lipinski definition) is 1. The normalized spacial score (nSPS) is 39.6. The molecule has 0 bridgehead atoms. The van der Waals surface area contributed by atoms with Crippen LogP contribution in [-0.4, -0.2) is 24.8 Å². The zero-order valence-corrected chi connectivity index (χ0v) is 10.5. The molecule has 0 radical (unpaired) electrons. The summed E-state index contributed by atoms with van der Waals surface area (Å²) in [6.07, 6.45) is 4.32. The average molecular weight is 211 g/mol. The quantitative estimate of drug-likeness (QED) is 0.771. The number of ether oxygens (including phenoxy) is 1. The average Bonchev–Trinajstić information content (AvgIpc) is 2.61. The van der Waals surface area contributed by atoms with Crippen molar-refractivity contribution in [3.63, 3.8) is 0 Å². The van der Waals surface area contributed by atoms with Crippen molar-refractivity contribution in [1.29, 1.82) is 0 Å². The number of nitrogens with one attached hydrogen (secondary N) is 1. The van der Waals surface area contributed by atoms with Crippen LogP contribution in [-0.2, 0) is 4.74 Å². The maximum absolute atomic E-state index is 5.80. The molecule has 1 aliphatic heterocycles. The van der Waals surface area contributed by atoms with Gasteiger partial charge in [-0.1, -0.05) is 27.2 Å². The Balaban J connectivity index is 1.92. The molecule has 0 spiro atoms. The zero-order valence-electron chi connectivity index (χ0n) is 10.5. The van der Waals surface area contributed by atoms with Gasteiger partial charge in [-0.05, 0) is 19.8 Å². The summed E-state index contributed by atoms with van der Waals surface area (Å²) in [6.45, 7) is 10.2. The highest BCUT2D eigenvalue weighted by atomic mass is 16.5. The van der Waals surface area contributed by atoms with Gasteiger partial charge >= 0.3 is 0 Å². The molecule has 1 aliphatic carbocycles. The Morgan fingerprint density at radius 1 is 1.47 bits per heavy atom.